The van der Waals surface area contributed by atoms with Gasteiger partial charge in [-0.3, -0.25) is 4.79 Å². The fourth-order valence-electron chi connectivity index (χ4n) is 2.01. The number of rotatable bonds is 7. The maximum absolute atomic E-state index is 12.0. The molecule has 0 fully saturated rings. The lowest BCUT2D eigenvalue weighted by Crippen LogP contribution is -2.16. The molecule has 0 aliphatic carbocycles. The van der Waals surface area contributed by atoms with Gasteiger partial charge in [-0.25, -0.2) is 10.1 Å². The molecule has 0 aliphatic heterocycles. The third-order valence-corrected chi connectivity index (χ3v) is 4.77. The van der Waals surface area contributed by atoms with Gasteiger partial charge < -0.3 is 11.2 Å². The van der Waals surface area contributed by atoms with Crippen molar-refractivity contribution in [2.75, 3.05) is 22.3 Å². The lowest BCUT2D eigenvalue weighted by molar-refractivity contribution is -0.113. The van der Waals surface area contributed by atoms with E-state index in [0.29, 0.717) is 5.16 Å². The van der Waals surface area contributed by atoms with Crippen LogP contribution in [0.3, 0.4) is 0 Å². The second-order valence-corrected chi connectivity index (χ2v) is 7.16. The van der Waals surface area contributed by atoms with E-state index in [1.54, 1.807) is 6.21 Å². The second kappa shape index (κ2) is 9.19. The van der Waals surface area contributed by atoms with E-state index in [0.717, 1.165) is 15.7 Å². The minimum absolute atomic E-state index is 0.156. The van der Waals surface area contributed by atoms with E-state index in [-0.39, 0.29) is 17.6 Å². The van der Waals surface area contributed by atoms with Crippen LogP contribution in [0.5, 0.6) is 0 Å². The molecule has 0 saturated heterocycles. The van der Waals surface area contributed by atoms with Crippen molar-refractivity contribution in [2.45, 2.75) is 5.16 Å². The Bertz CT molecular complexity index is 928. The highest BCUT2D eigenvalue weighted by Gasteiger charge is 2.12. The van der Waals surface area contributed by atoms with E-state index < -0.39 is 0 Å². The summed E-state index contributed by atoms with van der Waals surface area (Å²) in [7, 11) is 0. The van der Waals surface area contributed by atoms with Gasteiger partial charge in [-0.15, -0.1) is 10.2 Å². The Kier molecular flexibility index (Phi) is 6.44. The zero-order valence-electron chi connectivity index (χ0n) is 14.0. The van der Waals surface area contributed by atoms with Crippen LogP contribution >= 0.6 is 27.7 Å². The molecule has 8 nitrogen and oxygen atoms in total. The number of nitrogens with two attached hydrogens (primary N) is 1. The minimum Gasteiger partial charge on any atom is -0.334 e. The topological polar surface area (TPSA) is 110 Å². The van der Waals surface area contributed by atoms with Crippen LogP contribution in [0.4, 0.5) is 11.6 Å². The van der Waals surface area contributed by atoms with Crippen LogP contribution in [0.2, 0.25) is 0 Å². The largest absolute Gasteiger partial charge is 0.334 e. The van der Waals surface area contributed by atoms with Gasteiger partial charge in [0.2, 0.25) is 11.1 Å². The first-order valence-electron chi connectivity index (χ1n) is 7.84. The van der Waals surface area contributed by atoms with Crippen LogP contribution in [-0.2, 0) is 4.79 Å². The van der Waals surface area contributed by atoms with Crippen molar-refractivity contribution in [1.82, 2.24) is 14.9 Å². The Labute approximate surface area is 168 Å². The normalized spacial score (nSPS) is 10.9. The van der Waals surface area contributed by atoms with E-state index in [4.69, 9.17) is 5.84 Å². The Morgan fingerprint density at radius 2 is 1.93 bits per heavy atom. The van der Waals surface area contributed by atoms with Crippen LogP contribution < -0.4 is 16.6 Å². The molecular formula is C17H16BrN7OS. The van der Waals surface area contributed by atoms with Crippen molar-refractivity contribution in [3.8, 4) is 0 Å². The van der Waals surface area contributed by atoms with Crippen LogP contribution in [0.25, 0.3) is 0 Å². The maximum atomic E-state index is 12.0. The number of benzene rings is 2. The molecule has 3 rings (SSSR count). The maximum Gasteiger partial charge on any atom is 0.264 e. The Morgan fingerprint density at radius 1 is 1.19 bits per heavy atom. The van der Waals surface area contributed by atoms with Crippen molar-refractivity contribution in [2.24, 2.45) is 5.10 Å². The number of para-hydroxylation sites is 1. The number of hydrazone groups is 1. The number of nitrogen functional groups attached to an aromatic ring is 1. The number of hydrogen-bond acceptors (Lipinski definition) is 7. The number of carbonyl (C=O) groups is 1. The lowest BCUT2D eigenvalue weighted by atomic mass is 10.2. The van der Waals surface area contributed by atoms with Gasteiger partial charge in [0, 0.05) is 10.2 Å². The average molecular weight is 446 g/mol. The first-order chi connectivity index (χ1) is 13.1. The van der Waals surface area contributed by atoms with E-state index in [9.17, 15) is 4.79 Å². The summed E-state index contributed by atoms with van der Waals surface area (Å²) in [5, 5.41) is 15.2. The summed E-state index contributed by atoms with van der Waals surface area (Å²) in [5.74, 6) is 6.21. The van der Waals surface area contributed by atoms with Crippen LogP contribution in [0, 0.1) is 0 Å². The molecule has 138 valence electrons. The molecule has 0 atom stereocenters. The summed E-state index contributed by atoms with van der Waals surface area (Å²) in [5.41, 5.74) is 4.39. The van der Waals surface area contributed by atoms with Crippen molar-refractivity contribution >= 4 is 51.4 Å². The number of aromatic nitrogens is 3. The van der Waals surface area contributed by atoms with E-state index in [1.165, 1.54) is 16.4 Å². The van der Waals surface area contributed by atoms with Crippen molar-refractivity contribution in [3.05, 3.63) is 64.6 Å². The summed E-state index contributed by atoms with van der Waals surface area (Å²) in [6.07, 6.45) is 1.64. The summed E-state index contributed by atoms with van der Waals surface area (Å²) >= 11 is 4.56. The minimum atomic E-state index is -0.156. The second-order valence-electron chi connectivity index (χ2n) is 5.30. The number of thioether (sulfide) groups is 1. The number of halogens is 1. The van der Waals surface area contributed by atoms with Gasteiger partial charge in [0.15, 0.2) is 0 Å². The summed E-state index contributed by atoms with van der Waals surface area (Å²) in [6, 6.07) is 16.9. The first kappa shape index (κ1) is 18.9. The number of nitrogens with zero attached hydrogens (tertiary/aromatic N) is 4. The lowest BCUT2D eigenvalue weighted by Gasteiger charge is -2.05. The highest BCUT2D eigenvalue weighted by Crippen LogP contribution is 2.17. The first-order valence-corrected chi connectivity index (χ1v) is 9.62. The number of amides is 1. The predicted octanol–water partition coefficient (Wildman–Crippen LogP) is 2.93. The quantitative estimate of drug-likeness (QED) is 0.223. The van der Waals surface area contributed by atoms with Crippen molar-refractivity contribution in [1.29, 1.82) is 0 Å². The van der Waals surface area contributed by atoms with Gasteiger partial charge in [0.25, 0.3) is 5.95 Å². The molecule has 27 heavy (non-hydrogen) atoms. The Morgan fingerprint density at radius 3 is 2.67 bits per heavy atom. The molecule has 2 aromatic carbocycles. The van der Waals surface area contributed by atoms with Gasteiger partial charge in [-0.1, -0.05) is 58.0 Å². The van der Waals surface area contributed by atoms with E-state index in [1.807, 2.05) is 54.6 Å². The summed E-state index contributed by atoms with van der Waals surface area (Å²) in [6.45, 7) is 0. The molecule has 1 heterocycles. The van der Waals surface area contributed by atoms with Gasteiger partial charge in [-0.05, 0) is 29.8 Å². The van der Waals surface area contributed by atoms with Crippen LogP contribution in [-0.4, -0.2) is 32.7 Å². The van der Waals surface area contributed by atoms with E-state index >= 15 is 0 Å². The molecule has 0 aliphatic rings. The Hall–Kier alpha value is -2.85. The van der Waals surface area contributed by atoms with Crippen LogP contribution in [0.1, 0.15) is 5.56 Å². The molecule has 10 heteroatoms. The SMILES string of the molecule is Nn1c(N/N=C/c2ccc(Br)cc2)nnc1SCC(=O)Nc1ccccc1. The highest BCUT2D eigenvalue weighted by atomic mass is 79.9. The zero-order chi connectivity index (χ0) is 19.1. The molecule has 4 N–H and O–H groups in total. The molecule has 0 bridgehead atoms. The molecule has 1 aromatic heterocycles. The third-order valence-electron chi connectivity index (χ3n) is 3.30. The monoisotopic (exact) mass is 445 g/mol. The molecular weight excluding hydrogens is 430 g/mol. The molecule has 0 unspecified atom stereocenters. The third kappa shape index (κ3) is 5.56. The predicted molar refractivity (Wildman–Crippen MR) is 111 cm³/mol. The number of carbonyl (C=O) groups excluding carboxylic acids is 1. The standard InChI is InChI=1S/C17H16BrN7OS/c18-13-8-6-12(7-9-13)10-20-22-16-23-24-17(25(16)19)27-11-15(26)21-14-4-2-1-3-5-14/h1-10H,11,19H2,(H,21,26)(H,22,23)/b20-10+. The molecule has 0 spiro atoms. The van der Waals surface area contributed by atoms with Crippen molar-refractivity contribution in [3.63, 3.8) is 0 Å². The fraction of sp³-hybridized carbons (Fsp3) is 0.0588. The van der Waals surface area contributed by atoms with E-state index in [2.05, 4.69) is 42.0 Å². The van der Waals surface area contributed by atoms with Gasteiger partial charge in [-0.2, -0.15) is 5.10 Å². The summed E-state index contributed by atoms with van der Waals surface area (Å²) in [4.78, 5) is 12.0. The zero-order valence-corrected chi connectivity index (χ0v) is 16.4. The highest BCUT2D eigenvalue weighted by molar-refractivity contribution is 9.10. The molecule has 3 aromatic rings. The van der Waals surface area contributed by atoms with Gasteiger partial charge >= 0.3 is 0 Å². The van der Waals surface area contributed by atoms with Crippen LogP contribution in [0.15, 0.2) is 69.3 Å². The van der Waals surface area contributed by atoms with Gasteiger partial charge in [0.1, 0.15) is 0 Å². The summed E-state index contributed by atoms with van der Waals surface area (Å²) < 4.78 is 2.24. The molecule has 0 radical (unpaired) electrons. The number of hydrogen-bond donors (Lipinski definition) is 3. The number of anilines is 2. The number of nitrogens with one attached hydrogen (secondary N) is 2. The fourth-order valence-corrected chi connectivity index (χ4v) is 2.93. The van der Waals surface area contributed by atoms with Gasteiger partial charge in [0.05, 0.1) is 12.0 Å². The smallest absolute Gasteiger partial charge is 0.264 e. The molecule has 1 amide bonds. The average Bonchev–Trinajstić information content (AvgIpc) is 3.02. The molecule has 0 saturated carbocycles. The van der Waals surface area contributed by atoms with Crippen molar-refractivity contribution < 1.29 is 4.79 Å². The Balaban J connectivity index is 1.52.